The number of thioether (sulfide) groups is 1. The summed E-state index contributed by atoms with van der Waals surface area (Å²) in [5.74, 6) is -0.860. The van der Waals surface area contributed by atoms with E-state index in [2.05, 4.69) is 10.3 Å². The Kier molecular flexibility index (Phi) is 5.57. The molecular formula is C21H15ClF3N3O2S. The molecule has 2 heterocycles. The Hall–Kier alpha value is -2.78. The fourth-order valence-corrected chi connectivity index (χ4v) is 4.30. The van der Waals surface area contributed by atoms with Crippen LogP contribution in [0.5, 0.6) is 0 Å². The van der Waals surface area contributed by atoms with Crippen LogP contribution in [0, 0.1) is 0 Å². The van der Waals surface area contributed by atoms with Crippen LogP contribution in [-0.2, 0) is 4.79 Å². The largest absolute Gasteiger partial charge is 0.446 e. The number of pyridine rings is 1. The van der Waals surface area contributed by atoms with Crippen molar-refractivity contribution in [2.24, 2.45) is 0 Å². The number of nitrogens with zero attached hydrogens (tertiary/aromatic N) is 2. The van der Waals surface area contributed by atoms with Crippen LogP contribution in [0.25, 0.3) is 10.9 Å². The highest BCUT2D eigenvalue weighted by molar-refractivity contribution is 8.00. The van der Waals surface area contributed by atoms with Gasteiger partial charge in [0.15, 0.2) is 0 Å². The van der Waals surface area contributed by atoms with E-state index in [1.54, 1.807) is 24.4 Å². The van der Waals surface area contributed by atoms with Crippen LogP contribution in [-0.4, -0.2) is 28.5 Å². The number of amides is 3. The van der Waals surface area contributed by atoms with Gasteiger partial charge in [-0.2, -0.15) is 13.2 Å². The van der Waals surface area contributed by atoms with E-state index in [-0.39, 0.29) is 28.3 Å². The lowest BCUT2D eigenvalue weighted by atomic mass is 9.90. The van der Waals surface area contributed by atoms with Crippen molar-refractivity contribution in [1.82, 2.24) is 10.3 Å². The zero-order valence-electron chi connectivity index (χ0n) is 16.0. The van der Waals surface area contributed by atoms with Gasteiger partial charge in [-0.15, -0.1) is 0 Å². The minimum atomic E-state index is -4.42. The molecule has 4 rings (SSSR count). The Bertz CT molecular complexity index is 1170. The normalized spacial score (nSPS) is 17.8. The Morgan fingerprint density at radius 2 is 1.84 bits per heavy atom. The molecule has 0 radical (unpaired) electrons. The number of fused-ring (bicyclic) bond motifs is 1. The van der Waals surface area contributed by atoms with E-state index in [1.165, 1.54) is 24.3 Å². The third kappa shape index (κ3) is 4.33. The minimum absolute atomic E-state index is 0.0323. The van der Waals surface area contributed by atoms with Gasteiger partial charge in [-0.3, -0.25) is 9.78 Å². The average Bonchev–Trinajstić information content (AvgIpc) is 3.00. The Labute approximate surface area is 184 Å². The number of anilines is 1. The zero-order valence-corrected chi connectivity index (χ0v) is 17.6. The van der Waals surface area contributed by atoms with E-state index in [0.717, 1.165) is 15.8 Å². The summed E-state index contributed by atoms with van der Waals surface area (Å²) >= 11 is 5.77. The molecular weight excluding hydrogens is 451 g/mol. The third-order valence-corrected chi connectivity index (χ3v) is 6.00. The molecule has 1 aliphatic rings. The van der Waals surface area contributed by atoms with E-state index in [0.29, 0.717) is 10.5 Å². The van der Waals surface area contributed by atoms with Crippen molar-refractivity contribution in [2.75, 3.05) is 4.90 Å². The predicted molar refractivity (Wildman–Crippen MR) is 113 cm³/mol. The summed E-state index contributed by atoms with van der Waals surface area (Å²) in [4.78, 5) is 30.8. The van der Waals surface area contributed by atoms with Crippen LogP contribution < -0.4 is 10.2 Å². The van der Waals surface area contributed by atoms with Gasteiger partial charge < -0.3 is 5.32 Å². The lowest BCUT2D eigenvalue weighted by Crippen LogP contribution is -2.35. The number of benzene rings is 2. The quantitative estimate of drug-likeness (QED) is 0.395. The van der Waals surface area contributed by atoms with Crippen LogP contribution >= 0.6 is 23.4 Å². The summed E-state index contributed by atoms with van der Waals surface area (Å²) in [6, 6.07) is 10.7. The number of aromatic nitrogens is 1. The van der Waals surface area contributed by atoms with Gasteiger partial charge in [0, 0.05) is 27.4 Å². The van der Waals surface area contributed by atoms with Gasteiger partial charge in [-0.05, 0) is 59.8 Å². The Morgan fingerprint density at radius 1 is 1.13 bits per heavy atom. The molecule has 1 fully saturated rings. The van der Waals surface area contributed by atoms with Gasteiger partial charge in [0.25, 0.3) is 5.91 Å². The molecule has 31 heavy (non-hydrogen) atoms. The molecule has 0 aliphatic carbocycles. The standard InChI is InChI=1S/C21H15ClF3N3O2S/c1-11(15-8-9-26-17-10-12(22)2-7-16(15)17)18-19(29)28(20(30)27-18)13-3-5-14(6-4-13)31-21(23,24)25/h2-11,18H,1H3,(H,27,30). The van der Waals surface area contributed by atoms with Crippen LogP contribution in [0.1, 0.15) is 18.4 Å². The number of hydrogen-bond donors (Lipinski definition) is 1. The van der Waals surface area contributed by atoms with Gasteiger partial charge in [0.1, 0.15) is 6.04 Å². The van der Waals surface area contributed by atoms with Crippen molar-refractivity contribution < 1.29 is 22.8 Å². The fraction of sp³-hybridized carbons (Fsp3) is 0.190. The second-order valence-corrected chi connectivity index (χ2v) is 8.57. The molecule has 0 spiro atoms. The van der Waals surface area contributed by atoms with Gasteiger partial charge in [0.05, 0.1) is 11.2 Å². The van der Waals surface area contributed by atoms with E-state index in [9.17, 15) is 22.8 Å². The molecule has 0 bridgehead atoms. The van der Waals surface area contributed by atoms with E-state index in [4.69, 9.17) is 11.6 Å². The van der Waals surface area contributed by atoms with Crippen molar-refractivity contribution in [1.29, 1.82) is 0 Å². The van der Waals surface area contributed by atoms with E-state index >= 15 is 0 Å². The molecule has 3 amide bonds. The highest BCUT2D eigenvalue weighted by atomic mass is 35.5. The summed E-state index contributed by atoms with van der Waals surface area (Å²) in [5, 5.41) is 4.03. The lowest BCUT2D eigenvalue weighted by molar-refractivity contribution is -0.118. The second kappa shape index (κ2) is 8.05. The number of halogens is 4. The molecule has 10 heteroatoms. The topological polar surface area (TPSA) is 62.3 Å². The van der Waals surface area contributed by atoms with Gasteiger partial charge in [0.2, 0.25) is 0 Å². The van der Waals surface area contributed by atoms with Crippen molar-refractivity contribution in [3.63, 3.8) is 0 Å². The summed E-state index contributed by atoms with van der Waals surface area (Å²) < 4.78 is 37.6. The van der Waals surface area contributed by atoms with Crippen LogP contribution in [0.4, 0.5) is 23.7 Å². The first-order valence-electron chi connectivity index (χ1n) is 9.18. The highest BCUT2D eigenvalue weighted by Gasteiger charge is 2.42. The summed E-state index contributed by atoms with van der Waals surface area (Å²) in [7, 11) is 0. The smallest absolute Gasteiger partial charge is 0.325 e. The molecule has 160 valence electrons. The number of urea groups is 1. The van der Waals surface area contributed by atoms with Crippen molar-refractivity contribution >= 4 is 51.9 Å². The van der Waals surface area contributed by atoms with Crippen LogP contribution in [0.2, 0.25) is 5.02 Å². The molecule has 1 N–H and O–H groups in total. The van der Waals surface area contributed by atoms with Crippen LogP contribution in [0.3, 0.4) is 0 Å². The first-order chi connectivity index (χ1) is 14.6. The maximum absolute atomic E-state index is 13.1. The Balaban J connectivity index is 1.60. The van der Waals surface area contributed by atoms with Crippen LogP contribution in [0.15, 0.2) is 59.6 Å². The molecule has 1 saturated heterocycles. The number of rotatable bonds is 4. The number of imide groups is 1. The summed E-state index contributed by atoms with van der Waals surface area (Å²) in [6.07, 6.45) is 1.61. The van der Waals surface area contributed by atoms with Crippen molar-refractivity contribution in [2.45, 2.75) is 29.3 Å². The summed E-state index contributed by atoms with van der Waals surface area (Å²) in [5.41, 5.74) is -2.72. The van der Waals surface area contributed by atoms with Gasteiger partial charge in [-0.25, -0.2) is 9.69 Å². The molecule has 5 nitrogen and oxygen atoms in total. The van der Waals surface area contributed by atoms with Gasteiger partial charge >= 0.3 is 11.5 Å². The number of hydrogen-bond acceptors (Lipinski definition) is 4. The maximum Gasteiger partial charge on any atom is 0.446 e. The van der Waals surface area contributed by atoms with Gasteiger partial charge in [-0.1, -0.05) is 24.6 Å². The third-order valence-electron chi connectivity index (χ3n) is 5.03. The Morgan fingerprint density at radius 3 is 2.52 bits per heavy atom. The number of carbonyl (C=O) groups excluding carboxylic acids is 2. The highest BCUT2D eigenvalue weighted by Crippen LogP contribution is 2.38. The SMILES string of the molecule is CC(c1ccnc2cc(Cl)ccc12)C1NC(=O)N(c2ccc(SC(F)(F)F)cc2)C1=O. The van der Waals surface area contributed by atoms with E-state index < -0.39 is 23.5 Å². The molecule has 2 atom stereocenters. The van der Waals surface area contributed by atoms with Crippen molar-refractivity contribution in [3.8, 4) is 0 Å². The molecule has 0 saturated carbocycles. The second-order valence-electron chi connectivity index (χ2n) is 6.99. The fourth-order valence-electron chi connectivity index (χ4n) is 3.60. The first-order valence-corrected chi connectivity index (χ1v) is 10.4. The average molecular weight is 466 g/mol. The number of carbonyl (C=O) groups is 2. The van der Waals surface area contributed by atoms with E-state index in [1.807, 2.05) is 13.0 Å². The number of nitrogens with one attached hydrogen (secondary N) is 1. The first kappa shape index (κ1) is 21.5. The lowest BCUT2D eigenvalue weighted by Gasteiger charge is -2.20. The monoisotopic (exact) mass is 465 g/mol. The molecule has 1 aromatic heterocycles. The molecule has 2 aromatic carbocycles. The molecule has 3 aromatic rings. The summed E-state index contributed by atoms with van der Waals surface area (Å²) in [6.45, 7) is 1.82. The van der Waals surface area contributed by atoms with Crippen molar-refractivity contribution in [3.05, 3.63) is 65.3 Å². The predicted octanol–water partition coefficient (Wildman–Crippen LogP) is 5.73. The molecule has 1 aliphatic heterocycles. The minimum Gasteiger partial charge on any atom is -0.325 e. The zero-order chi connectivity index (χ0) is 22.3. The maximum atomic E-state index is 13.1. The number of alkyl halides is 3. The molecule has 2 unspecified atom stereocenters.